The number of carbonyl (C=O) groups excluding carboxylic acids is 3. The minimum absolute atomic E-state index is 0.0675. The van der Waals surface area contributed by atoms with Gasteiger partial charge in [-0.25, -0.2) is 0 Å². The molecule has 0 aromatic carbocycles. The SMILES string of the molecule is CC(=O)CN1C(=O)C[C@H](C)C1=O.[2H]C. The van der Waals surface area contributed by atoms with Crippen LogP contribution in [0.4, 0.5) is 0 Å². The second kappa shape index (κ2) is 4.16. The molecule has 0 aromatic heterocycles. The quantitative estimate of drug-likeness (QED) is 0.593. The summed E-state index contributed by atoms with van der Waals surface area (Å²) in [7, 11) is 1.25. The number of nitrogens with zero attached hydrogens (tertiary/aromatic N) is 1. The smallest absolute Gasteiger partial charge is 0.232 e. The molecule has 0 aliphatic carbocycles. The van der Waals surface area contributed by atoms with E-state index < -0.39 is 0 Å². The Kier molecular flexibility index (Phi) is 3.17. The Labute approximate surface area is 79.3 Å². The standard InChI is InChI=1S/C8H11NO3.CH4/c1-5-3-7(11)9(8(5)12)4-6(2)10;/h5H,3-4H2,1-2H3;1H4/t5-;/m0./s1/i;1D. The van der Waals surface area contributed by atoms with Crippen LogP contribution in [0, 0.1) is 5.92 Å². The van der Waals surface area contributed by atoms with E-state index in [9.17, 15) is 14.4 Å². The molecule has 1 aliphatic rings. The summed E-state index contributed by atoms with van der Waals surface area (Å²) in [6.45, 7) is 2.99. The monoisotopic (exact) mass is 186 g/mol. The van der Waals surface area contributed by atoms with E-state index in [1.807, 2.05) is 0 Å². The van der Waals surface area contributed by atoms with Crippen molar-refractivity contribution < 1.29 is 15.8 Å². The van der Waals surface area contributed by atoms with E-state index in [-0.39, 0.29) is 36.5 Å². The van der Waals surface area contributed by atoms with Crippen molar-refractivity contribution in [2.45, 2.75) is 27.7 Å². The topological polar surface area (TPSA) is 54.5 Å². The summed E-state index contributed by atoms with van der Waals surface area (Å²) < 4.78 is 5.75. The Bertz CT molecular complexity index is 252. The van der Waals surface area contributed by atoms with E-state index in [0.717, 1.165) is 4.90 Å². The Morgan fingerprint density at radius 2 is 2.23 bits per heavy atom. The van der Waals surface area contributed by atoms with Crippen LogP contribution in [0.15, 0.2) is 0 Å². The summed E-state index contributed by atoms with van der Waals surface area (Å²) in [6.07, 6.45) is 0.242. The Morgan fingerprint density at radius 3 is 2.54 bits per heavy atom. The van der Waals surface area contributed by atoms with Gasteiger partial charge in [0, 0.05) is 13.7 Å². The third-order valence-corrected chi connectivity index (χ3v) is 1.85. The highest BCUT2D eigenvalue weighted by molar-refractivity contribution is 6.05. The lowest BCUT2D eigenvalue weighted by atomic mass is 10.1. The van der Waals surface area contributed by atoms with Crippen LogP contribution in [0.3, 0.4) is 0 Å². The van der Waals surface area contributed by atoms with Crippen LogP contribution in [-0.4, -0.2) is 29.0 Å². The minimum Gasteiger partial charge on any atom is -0.298 e. The highest BCUT2D eigenvalue weighted by Gasteiger charge is 2.35. The van der Waals surface area contributed by atoms with Crippen LogP contribution in [0.1, 0.15) is 29.0 Å². The van der Waals surface area contributed by atoms with Crippen molar-refractivity contribution in [2.24, 2.45) is 5.92 Å². The molecule has 1 heterocycles. The number of rotatable bonds is 2. The third kappa shape index (κ3) is 2.37. The molecule has 0 unspecified atom stereocenters. The van der Waals surface area contributed by atoms with E-state index >= 15 is 0 Å². The molecule has 1 rings (SSSR count). The summed E-state index contributed by atoms with van der Waals surface area (Å²) in [6, 6.07) is 0. The van der Waals surface area contributed by atoms with Crippen molar-refractivity contribution in [3.63, 3.8) is 0 Å². The third-order valence-electron chi connectivity index (χ3n) is 1.85. The lowest BCUT2D eigenvalue weighted by Gasteiger charge is -2.10. The highest BCUT2D eigenvalue weighted by Crippen LogP contribution is 2.17. The van der Waals surface area contributed by atoms with Gasteiger partial charge in [0.2, 0.25) is 11.8 Å². The van der Waals surface area contributed by atoms with Crippen molar-refractivity contribution in [1.29, 1.82) is 0 Å². The van der Waals surface area contributed by atoms with Gasteiger partial charge in [0.25, 0.3) is 0 Å². The number of carbonyl (C=O) groups is 3. The minimum atomic E-state index is -0.253. The maximum Gasteiger partial charge on any atom is 0.232 e. The maximum absolute atomic E-state index is 11.2. The highest BCUT2D eigenvalue weighted by atomic mass is 16.2. The van der Waals surface area contributed by atoms with Gasteiger partial charge in [0.05, 0.1) is 6.54 Å². The van der Waals surface area contributed by atoms with Crippen LogP contribution >= 0.6 is 0 Å². The lowest BCUT2D eigenvalue weighted by molar-refractivity contribution is -0.142. The second-order valence-corrected chi connectivity index (χ2v) is 3.13. The fourth-order valence-corrected chi connectivity index (χ4v) is 1.24. The van der Waals surface area contributed by atoms with E-state index in [1.165, 1.54) is 14.3 Å². The zero-order chi connectivity index (χ0) is 11.3. The summed E-state index contributed by atoms with van der Waals surface area (Å²) >= 11 is 0. The second-order valence-electron chi connectivity index (χ2n) is 3.13. The Morgan fingerprint density at radius 1 is 1.69 bits per heavy atom. The van der Waals surface area contributed by atoms with E-state index in [4.69, 9.17) is 1.37 Å². The molecule has 0 radical (unpaired) electrons. The molecule has 1 saturated heterocycles. The summed E-state index contributed by atoms with van der Waals surface area (Å²) in [5.74, 6) is -0.874. The molecule has 2 amide bonds. The van der Waals surface area contributed by atoms with Crippen molar-refractivity contribution in [1.82, 2.24) is 4.90 Å². The van der Waals surface area contributed by atoms with Gasteiger partial charge in [-0.1, -0.05) is 14.3 Å². The van der Waals surface area contributed by atoms with Crippen molar-refractivity contribution in [2.75, 3.05) is 6.54 Å². The molecule has 1 atom stereocenters. The van der Waals surface area contributed by atoms with Gasteiger partial charge < -0.3 is 0 Å². The number of hydrogen-bond acceptors (Lipinski definition) is 3. The van der Waals surface area contributed by atoms with Gasteiger partial charge in [0.1, 0.15) is 5.78 Å². The average molecular weight is 186 g/mol. The first-order valence-corrected chi connectivity index (χ1v) is 3.86. The van der Waals surface area contributed by atoms with Crippen LogP contribution in [0.5, 0.6) is 0 Å². The van der Waals surface area contributed by atoms with Gasteiger partial charge >= 0.3 is 0 Å². The molecule has 4 nitrogen and oxygen atoms in total. The summed E-state index contributed by atoms with van der Waals surface area (Å²) in [5, 5.41) is 0. The predicted octanol–water partition coefficient (Wildman–Crippen LogP) is 0.607. The van der Waals surface area contributed by atoms with Crippen molar-refractivity contribution in [3.8, 4) is 0 Å². The van der Waals surface area contributed by atoms with E-state index in [0.29, 0.717) is 0 Å². The first kappa shape index (κ1) is 9.89. The summed E-state index contributed by atoms with van der Waals surface area (Å²) in [4.78, 5) is 34.0. The molecule has 74 valence electrons. The van der Waals surface area contributed by atoms with Crippen LogP contribution < -0.4 is 0 Å². The molecule has 0 N–H and O–H groups in total. The molecule has 1 aliphatic heterocycles. The average Bonchev–Trinajstić information content (AvgIpc) is 2.35. The molecule has 4 heteroatoms. The molecule has 0 spiro atoms. The van der Waals surface area contributed by atoms with Crippen LogP contribution in [0.25, 0.3) is 0 Å². The van der Waals surface area contributed by atoms with Crippen LogP contribution in [0.2, 0.25) is 0 Å². The van der Waals surface area contributed by atoms with Gasteiger partial charge in [-0.2, -0.15) is 0 Å². The number of ketones is 1. The van der Waals surface area contributed by atoms with E-state index in [1.54, 1.807) is 6.92 Å². The molecular weight excluding hydrogens is 170 g/mol. The van der Waals surface area contributed by atoms with Crippen LogP contribution in [-0.2, 0) is 14.4 Å². The molecule has 13 heavy (non-hydrogen) atoms. The number of imide groups is 1. The molecule has 0 bridgehead atoms. The first-order chi connectivity index (χ1) is 6.52. The van der Waals surface area contributed by atoms with E-state index in [2.05, 4.69) is 0 Å². The van der Waals surface area contributed by atoms with Gasteiger partial charge in [0.15, 0.2) is 0 Å². The zero-order valence-electron chi connectivity index (χ0n) is 9.16. The zero-order valence-corrected chi connectivity index (χ0v) is 8.16. The lowest BCUT2D eigenvalue weighted by Crippen LogP contribution is -2.34. The predicted molar refractivity (Wildman–Crippen MR) is 47.9 cm³/mol. The van der Waals surface area contributed by atoms with Crippen molar-refractivity contribution in [3.05, 3.63) is 0 Å². The Hall–Kier alpha value is -1.19. The largest absolute Gasteiger partial charge is 0.298 e. The number of amides is 2. The van der Waals surface area contributed by atoms with Crippen molar-refractivity contribution >= 4 is 17.6 Å². The molecular formula is C9H15NO3. The molecule has 0 aromatic rings. The molecule has 1 fully saturated rings. The fourth-order valence-electron chi connectivity index (χ4n) is 1.24. The fraction of sp³-hybridized carbons (Fsp3) is 0.667. The normalized spacial score (nSPS) is 22.2. The number of likely N-dealkylation sites (tertiary alicyclic amines) is 1. The first-order valence-electron chi connectivity index (χ1n) is 4.86. The number of hydrogen-bond donors (Lipinski definition) is 0. The maximum atomic E-state index is 11.2. The van der Waals surface area contributed by atoms with Gasteiger partial charge in [-0.05, 0) is 6.92 Å². The summed E-state index contributed by atoms with van der Waals surface area (Å²) in [5.41, 5.74) is 0. The number of Topliss-reactive ketones (excluding diaryl/α,β-unsaturated/α-hetero) is 1. The molecule has 0 saturated carbocycles. The Balaban J connectivity index is 0.000000791. The van der Waals surface area contributed by atoms with Gasteiger partial charge in [-0.15, -0.1) is 0 Å². The van der Waals surface area contributed by atoms with Gasteiger partial charge in [-0.3, -0.25) is 19.3 Å².